The molecular formula is C33H54N6O4S2. The molecule has 45 heavy (non-hydrogen) atoms. The van der Waals surface area contributed by atoms with Gasteiger partial charge in [0.15, 0.2) is 17.2 Å². The second-order valence-corrected chi connectivity index (χ2v) is 14.7. The normalized spacial score (nSPS) is 12.4. The fourth-order valence-electron chi connectivity index (χ4n) is 5.15. The predicted octanol–water partition coefficient (Wildman–Crippen LogP) is 6.66. The van der Waals surface area contributed by atoms with E-state index in [9.17, 15) is 13.2 Å². The van der Waals surface area contributed by atoms with Crippen molar-refractivity contribution in [1.82, 2.24) is 24.5 Å². The fourth-order valence-corrected chi connectivity index (χ4v) is 7.27. The summed E-state index contributed by atoms with van der Waals surface area (Å²) in [5, 5.41) is 14.7. The topological polar surface area (TPSA) is 119 Å². The molecule has 0 saturated carbocycles. The molecule has 0 aliphatic heterocycles. The van der Waals surface area contributed by atoms with E-state index >= 15 is 0 Å². The summed E-state index contributed by atoms with van der Waals surface area (Å²) in [5.41, 5.74) is 0.549. The zero-order valence-corrected chi connectivity index (χ0v) is 29.5. The molecule has 252 valence electrons. The van der Waals surface area contributed by atoms with Gasteiger partial charge in [0.1, 0.15) is 0 Å². The molecule has 0 bridgehead atoms. The lowest BCUT2D eigenvalue weighted by Crippen LogP contribution is -2.27. The highest BCUT2D eigenvalue weighted by Gasteiger charge is 2.22. The molecule has 10 nitrogen and oxygen atoms in total. The molecule has 12 heteroatoms. The van der Waals surface area contributed by atoms with Crippen molar-refractivity contribution >= 4 is 44.1 Å². The van der Waals surface area contributed by atoms with Gasteiger partial charge in [-0.1, -0.05) is 91.4 Å². The molecule has 3 heterocycles. The van der Waals surface area contributed by atoms with Crippen LogP contribution >= 0.6 is 11.3 Å². The molecule has 3 aromatic heterocycles. The number of fused-ring (bicyclic) bond motifs is 1. The van der Waals surface area contributed by atoms with Crippen molar-refractivity contribution in [3.05, 3.63) is 33.7 Å². The number of aromatic nitrogens is 4. The molecule has 0 atom stereocenters. The molecule has 3 rings (SSSR count). The maximum Gasteiger partial charge on any atom is 0.359 e. The molecule has 0 spiro atoms. The number of sulfonamides is 1. The van der Waals surface area contributed by atoms with Crippen LogP contribution in [0.4, 0.5) is 5.00 Å². The van der Waals surface area contributed by atoms with Gasteiger partial charge in [-0.2, -0.15) is 9.61 Å². The lowest BCUT2D eigenvalue weighted by molar-refractivity contribution is 0.0491. The minimum Gasteiger partial charge on any atom is -0.461 e. The van der Waals surface area contributed by atoms with Gasteiger partial charge in [0.2, 0.25) is 10.0 Å². The molecule has 0 fully saturated rings. The van der Waals surface area contributed by atoms with Gasteiger partial charge in [0, 0.05) is 18.0 Å². The Kier molecular flexibility index (Phi) is 16.3. The highest BCUT2D eigenvalue weighted by atomic mass is 32.2. The summed E-state index contributed by atoms with van der Waals surface area (Å²) in [7, 11) is -3.49. The standard InChI is InChI=1S/C33H54N6O4S2/c1-5-9-12-13-14-15-16-17-18-19-24-45(41,42)34-26-29-35-36-32-28(31(37-39(29)32)33(40)43-23-11-7-3)25-27-20-21-30(44-27)38(8-4)22-10-6-2/h20-21,25,34H,5-19,22-24,26H2,1-4H3/b28-25-. The third-order valence-corrected chi connectivity index (χ3v) is 10.4. The number of hydrogen-bond acceptors (Lipinski definition) is 9. The van der Waals surface area contributed by atoms with Gasteiger partial charge in [-0.05, 0) is 44.4 Å². The summed E-state index contributed by atoms with van der Waals surface area (Å²) in [6, 6.07) is 4.13. The monoisotopic (exact) mass is 662 g/mol. The Hall–Kier alpha value is -2.57. The number of carbonyl (C=O) groups excluding carboxylic acids is 1. The van der Waals surface area contributed by atoms with E-state index in [4.69, 9.17) is 4.74 Å². The van der Waals surface area contributed by atoms with Crippen LogP contribution in [0.3, 0.4) is 0 Å². The van der Waals surface area contributed by atoms with E-state index in [0.29, 0.717) is 29.7 Å². The van der Waals surface area contributed by atoms with Gasteiger partial charge in [-0.25, -0.2) is 17.9 Å². The third-order valence-electron chi connectivity index (χ3n) is 7.92. The second kappa shape index (κ2) is 19.8. The van der Waals surface area contributed by atoms with Crippen molar-refractivity contribution < 1.29 is 17.9 Å². The van der Waals surface area contributed by atoms with E-state index in [-0.39, 0.29) is 18.0 Å². The number of thiophene rings is 1. The largest absolute Gasteiger partial charge is 0.461 e. The maximum atomic E-state index is 13.1. The molecule has 0 saturated heterocycles. The second-order valence-electron chi connectivity index (χ2n) is 11.7. The molecule has 3 aromatic rings. The van der Waals surface area contributed by atoms with E-state index in [2.05, 4.69) is 51.8 Å². The first-order valence-corrected chi connectivity index (χ1v) is 19.5. The minimum atomic E-state index is -3.49. The Morgan fingerprint density at radius 2 is 1.58 bits per heavy atom. The first-order valence-electron chi connectivity index (χ1n) is 17.1. The Labute approximate surface area is 274 Å². The summed E-state index contributed by atoms with van der Waals surface area (Å²) in [6.45, 7) is 10.7. The number of carbonyl (C=O) groups is 1. The lowest BCUT2D eigenvalue weighted by Gasteiger charge is -2.20. The summed E-state index contributed by atoms with van der Waals surface area (Å²) < 4.78 is 35.1. The van der Waals surface area contributed by atoms with Gasteiger partial charge in [0.05, 0.1) is 29.1 Å². The SMILES string of the molecule is CCCCCCCCCCCCS(=O)(=O)NCc1nnc2/c(=C\c3ccc(N(CC)CCCC)s3)c(C(=O)OCCCC)nn12. The first-order chi connectivity index (χ1) is 21.8. The molecular weight excluding hydrogens is 609 g/mol. The molecule has 0 aromatic carbocycles. The van der Waals surface area contributed by atoms with Crippen LogP contribution in [-0.4, -0.2) is 59.6 Å². The Balaban J connectivity index is 1.69. The fraction of sp³-hybridized carbons (Fsp3) is 0.697. The van der Waals surface area contributed by atoms with Crippen molar-refractivity contribution in [1.29, 1.82) is 0 Å². The van der Waals surface area contributed by atoms with Crippen molar-refractivity contribution in [2.24, 2.45) is 0 Å². The van der Waals surface area contributed by atoms with Crippen molar-refractivity contribution in [3.63, 3.8) is 0 Å². The van der Waals surface area contributed by atoms with Crippen LogP contribution < -0.4 is 14.8 Å². The van der Waals surface area contributed by atoms with Crippen LogP contribution in [0.5, 0.6) is 0 Å². The molecule has 0 aliphatic rings. The van der Waals surface area contributed by atoms with Crippen LogP contribution in [0, 0.1) is 0 Å². The van der Waals surface area contributed by atoms with Crippen LogP contribution in [0.2, 0.25) is 0 Å². The van der Waals surface area contributed by atoms with E-state index in [1.54, 1.807) is 11.3 Å². The molecule has 0 aliphatic carbocycles. The highest BCUT2D eigenvalue weighted by molar-refractivity contribution is 7.89. The smallest absolute Gasteiger partial charge is 0.359 e. The number of unbranched alkanes of at least 4 members (excludes halogenated alkanes) is 11. The molecule has 0 amide bonds. The minimum absolute atomic E-state index is 0.0614. The number of anilines is 1. The third kappa shape index (κ3) is 11.9. The number of ether oxygens (including phenoxy) is 1. The van der Waals surface area contributed by atoms with Gasteiger partial charge in [-0.3, -0.25) is 0 Å². The average Bonchev–Trinajstić information content (AvgIpc) is 3.74. The van der Waals surface area contributed by atoms with E-state index in [1.165, 1.54) is 48.0 Å². The predicted molar refractivity (Wildman–Crippen MR) is 184 cm³/mol. The summed E-state index contributed by atoms with van der Waals surface area (Å²) in [6.07, 6.45) is 17.2. The van der Waals surface area contributed by atoms with E-state index in [1.807, 2.05) is 19.1 Å². The Bertz CT molecular complexity index is 1450. The lowest BCUT2D eigenvalue weighted by atomic mass is 10.1. The first kappa shape index (κ1) is 36.9. The number of hydrogen-bond donors (Lipinski definition) is 1. The Morgan fingerprint density at radius 1 is 0.911 bits per heavy atom. The van der Waals surface area contributed by atoms with Crippen molar-refractivity contribution in [3.8, 4) is 0 Å². The number of nitrogens with zero attached hydrogens (tertiary/aromatic N) is 5. The summed E-state index contributed by atoms with van der Waals surface area (Å²) >= 11 is 1.64. The van der Waals surface area contributed by atoms with E-state index < -0.39 is 16.0 Å². The van der Waals surface area contributed by atoms with E-state index in [0.717, 1.165) is 62.9 Å². The number of esters is 1. The van der Waals surface area contributed by atoms with Crippen LogP contribution in [0.1, 0.15) is 139 Å². The molecule has 0 radical (unpaired) electrons. The zero-order chi connectivity index (χ0) is 32.5. The Morgan fingerprint density at radius 3 is 2.24 bits per heavy atom. The zero-order valence-electron chi connectivity index (χ0n) is 27.9. The molecule has 0 unspecified atom stereocenters. The maximum absolute atomic E-state index is 13.1. The van der Waals surface area contributed by atoms with Gasteiger partial charge >= 0.3 is 5.97 Å². The van der Waals surface area contributed by atoms with Crippen molar-refractivity contribution in [2.45, 2.75) is 124 Å². The number of nitrogens with one attached hydrogen (secondary N) is 1. The number of rotatable bonds is 24. The summed E-state index contributed by atoms with van der Waals surface area (Å²) in [4.78, 5) is 16.4. The average molecular weight is 663 g/mol. The highest BCUT2D eigenvalue weighted by Crippen LogP contribution is 2.27. The van der Waals surface area contributed by atoms with Crippen molar-refractivity contribution in [2.75, 3.05) is 30.3 Å². The van der Waals surface area contributed by atoms with Gasteiger partial charge in [-0.15, -0.1) is 21.5 Å². The van der Waals surface area contributed by atoms with Gasteiger partial charge < -0.3 is 9.64 Å². The van der Waals surface area contributed by atoms with Crippen LogP contribution in [-0.2, 0) is 21.3 Å². The van der Waals surface area contributed by atoms with Crippen LogP contribution in [0.15, 0.2) is 12.1 Å². The van der Waals surface area contributed by atoms with Gasteiger partial charge in [0.25, 0.3) is 0 Å². The van der Waals surface area contributed by atoms with Crippen LogP contribution in [0.25, 0.3) is 11.7 Å². The molecule has 1 N–H and O–H groups in total. The summed E-state index contributed by atoms with van der Waals surface area (Å²) in [5.74, 6) is -0.133. The quantitative estimate of drug-likeness (QED) is 0.0836.